The van der Waals surface area contributed by atoms with Gasteiger partial charge in [-0.15, -0.1) is 0 Å². The van der Waals surface area contributed by atoms with Crippen LogP contribution in [0.15, 0.2) is 17.3 Å². The molecule has 0 bridgehead atoms. The number of aromatic nitrogens is 1. The monoisotopic (exact) mass is 188 g/mol. The lowest BCUT2D eigenvalue weighted by atomic mass is 10.0. The summed E-state index contributed by atoms with van der Waals surface area (Å²) in [5.74, 6) is 0.103. The van der Waals surface area contributed by atoms with Crippen LogP contribution in [0, 0.1) is 0 Å². The van der Waals surface area contributed by atoms with Gasteiger partial charge in [0.25, 0.3) is 0 Å². The van der Waals surface area contributed by atoms with E-state index >= 15 is 0 Å². The Bertz CT molecular complexity index is 421. The van der Waals surface area contributed by atoms with Gasteiger partial charge in [-0.1, -0.05) is 6.92 Å². The van der Waals surface area contributed by atoms with E-state index in [1.54, 1.807) is 6.20 Å². The lowest BCUT2D eigenvalue weighted by molar-refractivity contribution is 0.0982. The van der Waals surface area contributed by atoms with Gasteiger partial charge in [0.1, 0.15) is 5.69 Å². The zero-order valence-corrected chi connectivity index (χ0v) is 8.37. The van der Waals surface area contributed by atoms with Crippen molar-refractivity contribution in [3.63, 3.8) is 0 Å². The second-order valence-electron chi connectivity index (χ2n) is 3.36. The van der Waals surface area contributed by atoms with E-state index in [2.05, 4.69) is 9.98 Å². The van der Waals surface area contributed by atoms with Crippen molar-refractivity contribution >= 4 is 11.5 Å². The van der Waals surface area contributed by atoms with E-state index in [-0.39, 0.29) is 5.78 Å². The molecule has 1 aliphatic heterocycles. The first-order valence-electron chi connectivity index (χ1n) is 4.76. The quantitative estimate of drug-likeness (QED) is 0.666. The lowest BCUT2D eigenvalue weighted by Crippen LogP contribution is -2.06. The van der Waals surface area contributed by atoms with Gasteiger partial charge < -0.3 is 0 Å². The molecule has 1 aliphatic rings. The van der Waals surface area contributed by atoms with Gasteiger partial charge in [-0.3, -0.25) is 14.8 Å². The van der Waals surface area contributed by atoms with Crippen LogP contribution >= 0.6 is 0 Å². The number of pyridine rings is 1. The van der Waals surface area contributed by atoms with Crippen molar-refractivity contribution in [1.29, 1.82) is 0 Å². The Morgan fingerprint density at radius 1 is 1.57 bits per heavy atom. The minimum atomic E-state index is 0.103. The number of carbonyl (C=O) groups is 1. The summed E-state index contributed by atoms with van der Waals surface area (Å²) in [5.41, 5.74) is 3.69. The molecule has 0 unspecified atom stereocenters. The minimum Gasteiger partial charge on any atom is -0.292 e. The molecule has 2 rings (SSSR count). The summed E-state index contributed by atoms with van der Waals surface area (Å²) < 4.78 is 0. The van der Waals surface area contributed by atoms with Crippen LogP contribution in [0.4, 0.5) is 0 Å². The van der Waals surface area contributed by atoms with E-state index in [1.807, 2.05) is 19.9 Å². The molecule has 1 aromatic rings. The van der Waals surface area contributed by atoms with Crippen molar-refractivity contribution in [2.75, 3.05) is 0 Å². The van der Waals surface area contributed by atoms with E-state index in [1.165, 1.54) is 0 Å². The van der Waals surface area contributed by atoms with Crippen LogP contribution in [-0.4, -0.2) is 16.5 Å². The third-order valence-electron chi connectivity index (χ3n) is 2.51. The average Bonchev–Trinajstić information content (AvgIpc) is 2.59. The maximum Gasteiger partial charge on any atom is 0.181 e. The highest BCUT2D eigenvalue weighted by Crippen LogP contribution is 2.21. The smallest absolute Gasteiger partial charge is 0.181 e. The predicted molar refractivity (Wildman–Crippen MR) is 54.8 cm³/mol. The zero-order valence-electron chi connectivity index (χ0n) is 8.37. The lowest BCUT2D eigenvalue weighted by Gasteiger charge is -2.04. The van der Waals surface area contributed by atoms with Gasteiger partial charge in [0.2, 0.25) is 0 Å². The molecule has 1 aromatic heterocycles. The van der Waals surface area contributed by atoms with Gasteiger partial charge in [-0.2, -0.15) is 0 Å². The van der Waals surface area contributed by atoms with Gasteiger partial charge >= 0.3 is 0 Å². The number of rotatable bonds is 2. The first kappa shape index (κ1) is 9.06. The average molecular weight is 188 g/mol. The van der Waals surface area contributed by atoms with E-state index in [9.17, 15) is 4.79 Å². The van der Waals surface area contributed by atoms with Crippen LogP contribution in [-0.2, 0) is 6.54 Å². The molecule has 0 amide bonds. The largest absolute Gasteiger partial charge is 0.292 e. The molecule has 0 aliphatic carbocycles. The molecule has 0 fully saturated rings. The van der Waals surface area contributed by atoms with Crippen molar-refractivity contribution in [3.8, 4) is 0 Å². The Morgan fingerprint density at radius 3 is 3.07 bits per heavy atom. The number of ketones is 1. The molecule has 0 radical (unpaired) electrons. The van der Waals surface area contributed by atoms with E-state index in [0.717, 1.165) is 16.8 Å². The summed E-state index contributed by atoms with van der Waals surface area (Å²) in [6, 6.07) is 1.92. The molecule has 0 spiro atoms. The maximum absolute atomic E-state index is 11.6. The molecule has 3 heteroatoms. The molecule has 3 nitrogen and oxygen atoms in total. The van der Waals surface area contributed by atoms with Crippen LogP contribution in [0.1, 0.15) is 41.9 Å². The molecule has 0 N–H and O–H groups in total. The summed E-state index contributed by atoms with van der Waals surface area (Å²) in [5, 5.41) is 0. The number of carbonyl (C=O) groups excluding carboxylic acids is 1. The molecule has 0 aromatic carbocycles. The van der Waals surface area contributed by atoms with E-state index in [0.29, 0.717) is 18.7 Å². The molecule has 0 saturated carbocycles. The molecule has 0 atom stereocenters. The van der Waals surface area contributed by atoms with Gasteiger partial charge in [0, 0.05) is 29.5 Å². The highest BCUT2D eigenvalue weighted by molar-refractivity contribution is 6.05. The zero-order chi connectivity index (χ0) is 10.1. The Balaban J connectivity index is 2.52. The van der Waals surface area contributed by atoms with Crippen LogP contribution in [0.2, 0.25) is 0 Å². The predicted octanol–water partition coefficient (Wildman–Crippen LogP) is 2.00. The van der Waals surface area contributed by atoms with Crippen molar-refractivity contribution in [1.82, 2.24) is 4.98 Å². The van der Waals surface area contributed by atoms with Crippen molar-refractivity contribution in [3.05, 3.63) is 29.1 Å². The van der Waals surface area contributed by atoms with Gasteiger partial charge in [0.15, 0.2) is 5.78 Å². The van der Waals surface area contributed by atoms with Gasteiger partial charge in [-0.25, -0.2) is 0 Å². The minimum absolute atomic E-state index is 0.103. The number of Topliss-reactive ketones (excluding diaryl/α,β-unsaturated/α-hetero) is 1. The maximum atomic E-state index is 11.6. The standard InChI is InChI=1S/C11H12N2O/c1-3-10(14)11-9-6-13-7(2)8(9)4-5-12-11/h4-5H,3,6H2,1-2H3. The third-order valence-corrected chi connectivity index (χ3v) is 2.51. The Kier molecular flexibility index (Phi) is 2.15. The fraction of sp³-hybridized carbons (Fsp3) is 0.364. The summed E-state index contributed by atoms with van der Waals surface area (Å²) >= 11 is 0. The Morgan fingerprint density at radius 2 is 2.36 bits per heavy atom. The van der Waals surface area contributed by atoms with E-state index < -0.39 is 0 Å². The fourth-order valence-corrected chi connectivity index (χ4v) is 1.68. The summed E-state index contributed by atoms with van der Waals surface area (Å²) in [6.45, 7) is 4.42. The van der Waals surface area contributed by atoms with Crippen LogP contribution in [0.25, 0.3) is 0 Å². The summed E-state index contributed by atoms with van der Waals surface area (Å²) in [6.07, 6.45) is 2.19. The van der Waals surface area contributed by atoms with Gasteiger partial charge in [-0.05, 0) is 13.0 Å². The third kappa shape index (κ3) is 1.25. The Labute approximate surface area is 82.9 Å². The number of aliphatic imine (C=N–C) groups is 1. The van der Waals surface area contributed by atoms with Crippen molar-refractivity contribution in [2.24, 2.45) is 4.99 Å². The topological polar surface area (TPSA) is 42.3 Å². The second kappa shape index (κ2) is 3.33. The second-order valence-corrected chi connectivity index (χ2v) is 3.36. The number of hydrogen-bond acceptors (Lipinski definition) is 3. The number of nitrogens with zero attached hydrogens (tertiary/aromatic N) is 2. The number of fused-ring (bicyclic) bond motifs is 1. The summed E-state index contributed by atoms with van der Waals surface area (Å²) in [4.78, 5) is 20.0. The molecule has 0 saturated heterocycles. The first-order chi connectivity index (χ1) is 6.74. The molecular formula is C11H12N2O. The molecule has 14 heavy (non-hydrogen) atoms. The van der Waals surface area contributed by atoms with Crippen LogP contribution in [0.3, 0.4) is 0 Å². The SMILES string of the molecule is CCC(=O)c1nccc2c1CN=C2C. The van der Waals surface area contributed by atoms with Crippen molar-refractivity contribution < 1.29 is 4.79 Å². The first-order valence-corrected chi connectivity index (χ1v) is 4.76. The van der Waals surface area contributed by atoms with Crippen LogP contribution in [0.5, 0.6) is 0 Å². The molecule has 72 valence electrons. The van der Waals surface area contributed by atoms with E-state index in [4.69, 9.17) is 0 Å². The van der Waals surface area contributed by atoms with Gasteiger partial charge in [0.05, 0.1) is 6.54 Å². The summed E-state index contributed by atoms with van der Waals surface area (Å²) in [7, 11) is 0. The normalized spacial score (nSPS) is 13.7. The number of hydrogen-bond donors (Lipinski definition) is 0. The van der Waals surface area contributed by atoms with Crippen molar-refractivity contribution in [2.45, 2.75) is 26.8 Å². The fourth-order valence-electron chi connectivity index (χ4n) is 1.68. The molecular weight excluding hydrogens is 176 g/mol. The molecule has 2 heterocycles. The Hall–Kier alpha value is -1.51. The van der Waals surface area contributed by atoms with Crippen LogP contribution < -0.4 is 0 Å². The highest BCUT2D eigenvalue weighted by Gasteiger charge is 2.19. The highest BCUT2D eigenvalue weighted by atomic mass is 16.1.